The zero-order valence-corrected chi connectivity index (χ0v) is 24.3. The molecule has 0 saturated carbocycles. The van der Waals surface area contributed by atoms with Crippen LogP contribution in [-0.4, -0.2) is 41.4 Å². The van der Waals surface area contributed by atoms with E-state index in [1.54, 1.807) is 6.92 Å². The number of benzene rings is 2. The van der Waals surface area contributed by atoms with Gasteiger partial charge >= 0.3 is 5.97 Å². The molecule has 2 aromatic carbocycles. The fourth-order valence-corrected chi connectivity index (χ4v) is 6.17. The molecule has 1 heterocycles. The third-order valence-corrected chi connectivity index (χ3v) is 7.60. The SMILES string of the molecule is CCOC(=O)C1C(COC(C)(C)C)=NC2=C(C(=O)CC(c3c(C)cc(C)cc3C)C2)C1c1cccc(CO)c1. The molecule has 0 bridgehead atoms. The van der Waals surface area contributed by atoms with E-state index in [1.165, 1.54) is 22.3 Å². The third-order valence-electron chi connectivity index (χ3n) is 7.60. The molecule has 0 radical (unpaired) electrons. The Labute approximate surface area is 232 Å². The molecule has 0 spiro atoms. The molecule has 0 saturated heterocycles. The van der Waals surface area contributed by atoms with Gasteiger partial charge in [0, 0.05) is 23.6 Å². The largest absolute Gasteiger partial charge is 0.465 e. The normalized spacial score (nSPS) is 21.5. The van der Waals surface area contributed by atoms with Gasteiger partial charge in [-0.1, -0.05) is 42.0 Å². The van der Waals surface area contributed by atoms with Crippen molar-refractivity contribution in [2.45, 2.75) is 85.4 Å². The minimum Gasteiger partial charge on any atom is -0.465 e. The lowest BCUT2D eigenvalue weighted by atomic mass is 9.68. The maximum Gasteiger partial charge on any atom is 0.315 e. The monoisotopic (exact) mass is 531 g/mol. The summed E-state index contributed by atoms with van der Waals surface area (Å²) < 4.78 is 11.7. The van der Waals surface area contributed by atoms with Gasteiger partial charge in [0.05, 0.1) is 31.1 Å². The van der Waals surface area contributed by atoms with E-state index in [-0.39, 0.29) is 31.5 Å². The first kappa shape index (κ1) is 28.9. The van der Waals surface area contributed by atoms with Gasteiger partial charge in [0.1, 0.15) is 5.92 Å². The summed E-state index contributed by atoms with van der Waals surface area (Å²) in [4.78, 5) is 32.6. The molecule has 2 aliphatic rings. The van der Waals surface area contributed by atoms with Crippen molar-refractivity contribution in [2.75, 3.05) is 13.2 Å². The van der Waals surface area contributed by atoms with Crippen LogP contribution in [0.4, 0.5) is 0 Å². The molecule has 1 N–H and O–H groups in total. The number of allylic oxidation sites excluding steroid dienone is 2. The molecule has 0 amide bonds. The van der Waals surface area contributed by atoms with Crippen LogP contribution in [0.15, 0.2) is 52.7 Å². The van der Waals surface area contributed by atoms with Gasteiger partial charge in [0.2, 0.25) is 0 Å². The van der Waals surface area contributed by atoms with Gasteiger partial charge in [-0.3, -0.25) is 14.6 Å². The van der Waals surface area contributed by atoms with Gasteiger partial charge in [-0.05, 0) is 88.6 Å². The molecule has 3 unspecified atom stereocenters. The number of hydrogen-bond donors (Lipinski definition) is 1. The van der Waals surface area contributed by atoms with E-state index in [2.05, 4.69) is 32.9 Å². The highest BCUT2D eigenvalue weighted by atomic mass is 16.5. The van der Waals surface area contributed by atoms with Crippen molar-refractivity contribution in [3.8, 4) is 0 Å². The lowest BCUT2D eigenvalue weighted by Gasteiger charge is -2.38. The van der Waals surface area contributed by atoms with Crippen molar-refractivity contribution in [3.05, 3.63) is 81.0 Å². The number of aliphatic imine (C=N–C) groups is 1. The molecule has 3 atom stereocenters. The van der Waals surface area contributed by atoms with Crippen LogP contribution in [0.3, 0.4) is 0 Å². The summed E-state index contributed by atoms with van der Waals surface area (Å²) in [6.07, 6.45) is 0.967. The Morgan fingerprint density at radius 1 is 1.08 bits per heavy atom. The predicted molar refractivity (Wildman–Crippen MR) is 153 cm³/mol. The highest BCUT2D eigenvalue weighted by Gasteiger charge is 2.46. The lowest BCUT2D eigenvalue weighted by Crippen LogP contribution is -2.41. The van der Waals surface area contributed by atoms with Crippen LogP contribution in [0.5, 0.6) is 0 Å². The molecule has 1 aliphatic heterocycles. The summed E-state index contributed by atoms with van der Waals surface area (Å²) in [5.41, 5.74) is 7.73. The first-order chi connectivity index (χ1) is 18.4. The number of Topliss-reactive ketones (excluding diaryl/α,β-unsaturated/α-hetero) is 1. The number of ether oxygens (including phenoxy) is 2. The number of aryl methyl sites for hydroxylation is 3. The average molecular weight is 532 g/mol. The highest BCUT2D eigenvalue weighted by Crippen LogP contribution is 2.48. The summed E-state index contributed by atoms with van der Waals surface area (Å²) in [5.74, 6) is -1.75. The second-order valence-corrected chi connectivity index (χ2v) is 11.8. The topological polar surface area (TPSA) is 85.2 Å². The molecule has 2 aromatic rings. The highest BCUT2D eigenvalue weighted by molar-refractivity contribution is 6.10. The second kappa shape index (κ2) is 11.6. The van der Waals surface area contributed by atoms with Gasteiger partial charge in [-0.2, -0.15) is 0 Å². The van der Waals surface area contributed by atoms with Crippen molar-refractivity contribution < 1.29 is 24.2 Å². The van der Waals surface area contributed by atoms with Gasteiger partial charge in [-0.15, -0.1) is 0 Å². The number of ketones is 1. The Balaban J connectivity index is 1.89. The number of carbonyl (C=O) groups excluding carboxylic acids is 2. The van der Waals surface area contributed by atoms with E-state index >= 15 is 0 Å². The molecule has 6 heteroatoms. The number of aliphatic hydroxyl groups excluding tert-OH is 1. The van der Waals surface area contributed by atoms with Crippen LogP contribution < -0.4 is 0 Å². The van der Waals surface area contributed by atoms with Crippen LogP contribution in [0.2, 0.25) is 0 Å². The van der Waals surface area contributed by atoms with Gasteiger partial charge in [0.25, 0.3) is 0 Å². The van der Waals surface area contributed by atoms with Crippen LogP contribution in [0.25, 0.3) is 0 Å². The first-order valence-corrected chi connectivity index (χ1v) is 13.8. The molecule has 208 valence electrons. The van der Waals surface area contributed by atoms with E-state index in [0.717, 1.165) is 16.8 Å². The molecule has 4 rings (SSSR count). The number of esters is 1. The van der Waals surface area contributed by atoms with Crippen LogP contribution in [0.1, 0.15) is 85.8 Å². The molecule has 6 nitrogen and oxygen atoms in total. The maximum absolute atomic E-state index is 14.0. The molecular weight excluding hydrogens is 490 g/mol. The molecule has 39 heavy (non-hydrogen) atoms. The number of rotatable bonds is 7. The van der Waals surface area contributed by atoms with Crippen LogP contribution in [-0.2, 0) is 25.7 Å². The Kier molecular flexibility index (Phi) is 8.57. The maximum atomic E-state index is 14.0. The number of nitrogens with zero attached hydrogens (tertiary/aromatic N) is 1. The standard InChI is InChI=1S/C33H41NO5/c1-8-38-32(37)31-26(18-39-33(5,6)7)34-25-15-24(28-20(3)12-19(2)13-21(28)4)16-27(36)30(25)29(31)23-11-9-10-22(14-23)17-35/h9-14,24,29,31,35H,8,15-18H2,1-7H3. The lowest BCUT2D eigenvalue weighted by molar-refractivity contribution is -0.146. The summed E-state index contributed by atoms with van der Waals surface area (Å²) in [5, 5.41) is 9.85. The molecule has 0 fully saturated rings. The summed E-state index contributed by atoms with van der Waals surface area (Å²) >= 11 is 0. The van der Waals surface area contributed by atoms with Crippen LogP contribution in [0, 0.1) is 26.7 Å². The summed E-state index contributed by atoms with van der Waals surface area (Å²) in [7, 11) is 0. The van der Waals surface area contributed by atoms with Gasteiger partial charge < -0.3 is 14.6 Å². The average Bonchev–Trinajstić information content (AvgIpc) is 2.85. The number of carbonyl (C=O) groups is 2. The van der Waals surface area contributed by atoms with Crippen molar-refractivity contribution in [1.29, 1.82) is 0 Å². The predicted octanol–water partition coefficient (Wildman–Crippen LogP) is 6.04. The third kappa shape index (κ3) is 6.23. The van der Waals surface area contributed by atoms with Crippen LogP contribution >= 0.6 is 0 Å². The Morgan fingerprint density at radius 2 is 1.77 bits per heavy atom. The van der Waals surface area contributed by atoms with Crippen molar-refractivity contribution in [1.82, 2.24) is 0 Å². The van der Waals surface area contributed by atoms with Crippen molar-refractivity contribution >= 4 is 17.5 Å². The van der Waals surface area contributed by atoms with E-state index in [1.807, 2.05) is 45.0 Å². The minimum absolute atomic E-state index is 0.00821. The van der Waals surface area contributed by atoms with E-state index in [4.69, 9.17) is 14.5 Å². The quantitative estimate of drug-likeness (QED) is 0.441. The summed E-state index contributed by atoms with van der Waals surface area (Å²) in [6, 6.07) is 11.8. The van der Waals surface area contributed by atoms with E-state index < -0.39 is 23.4 Å². The number of hydrogen-bond acceptors (Lipinski definition) is 6. The zero-order valence-electron chi connectivity index (χ0n) is 24.3. The zero-order chi connectivity index (χ0) is 28.5. The Bertz CT molecular complexity index is 1310. The first-order valence-electron chi connectivity index (χ1n) is 13.8. The Hall–Kier alpha value is -3.09. The smallest absolute Gasteiger partial charge is 0.315 e. The summed E-state index contributed by atoms with van der Waals surface area (Å²) in [6.45, 7) is 14.2. The Morgan fingerprint density at radius 3 is 2.38 bits per heavy atom. The van der Waals surface area contributed by atoms with E-state index in [0.29, 0.717) is 24.1 Å². The minimum atomic E-state index is -0.789. The second-order valence-electron chi connectivity index (χ2n) is 11.8. The van der Waals surface area contributed by atoms with E-state index in [9.17, 15) is 14.7 Å². The van der Waals surface area contributed by atoms with Crippen molar-refractivity contribution in [3.63, 3.8) is 0 Å². The number of aliphatic hydroxyl groups is 1. The molecule has 0 aromatic heterocycles. The fraction of sp³-hybridized carbons (Fsp3) is 0.485. The van der Waals surface area contributed by atoms with Gasteiger partial charge in [-0.25, -0.2) is 0 Å². The molecular formula is C33H41NO5. The van der Waals surface area contributed by atoms with Gasteiger partial charge in [0.15, 0.2) is 5.78 Å². The fourth-order valence-electron chi connectivity index (χ4n) is 6.17. The van der Waals surface area contributed by atoms with Crippen molar-refractivity contribution in [2.24, 2.45) is 10.9 Å². The molecule has 1 aliphatic carbocycles.